The zero-order valence-electron chi connectivity index (χ0n) is 15.4. The highest BCUT2D eigenvalue weighted by Gasteiger charge is 2.31. The number of benzene rings is 2. The molecule has 31 heavy (non-hydrogen) atoms. The fourth-order valence-corrected chi connectivity index (χ4v) is 4.08. The number of anilines is 1. The molecule has 4 rings (SSSR count). The van der Waals surface area contributed by atoms with E-state index in [0.29, 0.717) is 0 Å². The number of aliphatic imine (C=N–C) groups is 1. The van der Waals surface area contributed by atoms with E-state index in [4.69, 9.17) is 16.3 Å². The van der Waals surface area contributed by atoms with E-state index in [-0.39, 0.29) is 39.6 Å². The molecule has 0 amide bonds. The number of sulfonamides is 1. The molecule has 0 saturated heterocycles. The van der Waals surface area contributed by atoms with Gasteiger partial charge in [0.05, 0.1) is 17.3 Å². The van der Waals surface area contributed by atoms with Gasteiger partial charge in [-0.05, 0) is 42.5 Å². The number of nitrogens with zero attached hydrogens (tertiary/aromatic N) is 2. The molecule has 1 aliphatic heterocycles. The van der Waals surface area contributed by atoms with Crippen molar-refractivity contribution in [2.45, 2.75) is 11.4 Å². The molecule has 2 aromatic carbocycles. The van der Waals surface area contributed by atoms with Gasteiger partial charge in [-0.1, -0.05) is 11.6 Å². The molecule has 0 bridgehead atoms. The highest BCUT2D eigenvalue weighted by Crippen LogP contribution is 2.40. The van der Waals surface area contributed by atoms with Gasteiger partial charge < -0.3 is 10.1 Å². The second kappa shape index (κ2) is 8.08. The maximum Gasteiger partial charge on any atom is 0.266 e. The molecule has 0 unspecified atom stereocenters. The Morgan fingerprint density at radius 1 is 1.10 bits per heavy atom. The highest BCUT2D eigenvalue weighted by atomic mass is 35.5. The fourth-order valence-electron chi connectivity index (χ4n) is 2.74. The van der Waals surface area contributed by atoms with Crippen LogP contribution in [0.25, 0.3) is 0 Å². The molecule has 0 saturated carbocycles. The first-order valence-electron chi connectivity index (χ1n) is 8.64. The van der Waals surface area contributed by atoms with Crippen LogP contribution in [-0.2, 0) is 16.6 Å². The Kier molecular flexibility index (Phi) is 5.46. The van der Waals surface area contributed by atoms with E-state index in [9.17, 15) is 21.6 Å². The van der Waals surface area contributed by atoms with Crippen molar-refractivity contribution in [3.63, 3.8) is 0 Å². The lowest BCUT2D eigenvalue weighted by Crippen LogP contribution is -2.41. The number of rotatable bonds is 4. The van der Waals surface area contributed by atoms with Crippen molar-refractivity contribution < 1.29 is 26.3 Å². The Balaban J connectivity index is 1.73. The van der Waals surface area contributed by atoms with E-state index in [1.54, 1.807) is 0 Å². The number of hydrogen-bond acceptors (Lipinski definition) is 5. The van der Waals surface area contributed by atoms with Gasteiger partial charge >= 0.3 is 0 Å². The lowest BCUT2D eigenvalue weighted by molar-refractivity contribution is 0.441. The van der Waals surface area contributed by atoms with Gasteiger partial charge in [0, 0.05) is 6.20 Å². The largest absolute Gasteiger partial charge is 0.450 e. The van der Waals surface area contributed by atoms with E-state index in [1.165, 1.54) is 24.4 Å². The maximum absolute atomic E-state index is 14.6. The summed E-state index contributed by atoms with van der Waals surface area (Å²) < 4.78 is 74.5. The molecule has 7 nitrogen and oxygen atoms in total. The third kappa shape index (κ3) is 4.28. The molecule has 2 N–H and O–H groups in total. The van der Waals surface area contributed by atoms with Crippen LogP contribution in [0.15, 0.2) is 58.5 Å². The Hall–Kier alpha value is -3.31. The normalized spacial score (nSPS) is 15.7. The average molecular weight is 469 g/mol. The number of guanidine groups is 1. The molecule has 1 aliphatic rings. The lowest BCUT2D eigenvalue weighted by Gasteiger charge is -2.24. The van der Waals surface area contributed by atoms with Gasteiger partial charge in [0.1, 0.15) is 28.0 Å². The van der Waals surface area contributed by atoms with Gasteiger partial charge in [-0.15, -0.1) is 0 Å². The van der Waals surface area contributed by atoms with Gasteiger partial charge in [-0.2, -0.15) is 0 Å². The Morgan fingerprint density at radius 3 is 2.65 bits per heavy atom. The van der Waals surface area contributed by atoms with Gasteiger partial charge in [0.2, 0.25) is 5.96 Å². The predicted octanol–water partition coefficient (Wildman–Crippen LogP) is 4.20. The topological polar surface area (TPSA) is 92.7 Å². The summed E-state index contributed by atoms with van der Waals surface area (Å²) in [5.41, 5.74) is -0.269. The number of ether oxygens (including phenoxy) is 1. The van der Waals surface area contributed by atoms with Gasteiger partial charge in [-0.25, -0.2) is 31.3 Å². The van der Waals surface area contributed by atoms with E-state index in [1.807, 2.05) is 0 Å². The third-order valence-electron chi connectivity index (χ3n) is 4.16. The van der Waals surface area contributed by atoms with Gasteiger partial charge in [-0.3, -0.25) is 4.98 Å². The number of fused-ring (bicyclic) bond motifs is 1. The second-order valence-electron chi connectivity index (χ2n) is 6.25. The van der Waals surface area contributed by atoms with Crippen LogP contribution in [-0.4, -0.2) is 19.4 Å². The number of nitrogens with one attached hydrogen (secondary N) is 2. The molecule has 0 fully saturated rings. The van der Waals surface area contributed by atoms with Crippen LogP contribution >= 0.6 is 11.6 Å². The monoisotopic (exact) mass is 468 g/mol. The fraction of sp³-hybridized carbons (Fsp3) is 0.0526. The second-order valence-corrected chi connectivity index (χ2v) is 8.31. The number of hydrogen-bond donors (Lipinski definition) is 2. The van der Waals surface area contributed by atoms with Crippen molar-refractivity contribution in [3.8, 4) is 11.5 Å². The first kappa shape index (κ1) is 20.9. The van der Waals surface area contributed by atoms with Gasteiger partial charge in [0.15, 0.2) is 11.6 Å². The SMILES string of the molecule is O=S1(=O)NC(=NCc2ncccc2F)Nc2c1ccc(F)c2Oc1ccc(F)cc1Cl. The first-order chi connectivity index (χ1) is 14.7. The zero-order chi connectivity index (χ0) is 22.2. The van der Waals surface area contributed by atoms with Crippen molar-refractivity contribution in [2.75, 3.05) is 5.32 Å². The Labute approximate surface area is 179 Å². The highest BCUT2D eigenvalue weighted by molar-refractivity contribution is 7.90. The summed E-state index contributed by atoms with van der Waals surface area (Å²) in [4.78, 5) is 7.49. The molecule has 2 heterocycles. The molecule has 1 aromatic heterocycles. The van der Waals surface area contributed by atoms with Crippen LogP contribution in [0.5, 0.6) is 11.5 Å². The summed E-state index contributed by atoms with van der Waals surface area (Å²) in [7, 11) is -4.15. The molecule has 0 aliphatic carbocycles. The summed E-state index contributed by atoms with van der Waals surface area (Å²) in [5.74, 6) is -3.03. The summed E-state index contributed by atoms with van der Waals surface area (Å²) in [5, 5.41) is 2.49. The molecule has 0 radical (unpaired) electrons. The van der Waals surface area contributed by atoms with Crippen LogP contribution in [0.3, 0.4) is 0 Å². The molecule has 160 valence electrons. The van der Waals surface area contributed by atoms with Gasteiger partial charge in [0.25, 0.3) is 10.0 Å². The molecule has 12 heteroatoms. The predicted molar refractivity (Wildman–Crippen MR) is 107 cm³/mol. The Morgan fingerprint density at radius 2 is 1.90 bits per heavy atom. The average Bonchev–Trinajstić information content (AvgIpc) is 2.70. The molecular formula is C19H12ClF3N4O3S. The lowest BCUT2D eigenvalue weighted by atomic mass is 10.2. The van der Waals surface area contributed by atoms with E-state index >= 15 is 0 Å². The van der Waals surface area contributed by atoms with Crippen LogP contribution in [0.2, 0.25) is 5.02 Å². The standard InChI is InChI=1S/C19H12ClF3N4O3S/c20-11-8-10(21)3-5-15(11)30-18-13(23)4-6-16-17(18)26-19(27-31(16,28)29)25-9-14-12(22)2-1-7-24-14/h1-8H,9H2,(H2,25,26,27). The van der Waals surface area contributed by atoms with Crippen molar-refractivity contribution in [3.05, 3.63) is 76.8 Å². The zero-order valence-corrected chi connectivity index (χ0v) is 16.9. The van der Waals surface area contributed by atoms with Crippen LogP contribution in [0, 0.1) is 17.5 Å². The van der Waals surface area contributed by atoms with E-state index < -0.39 is 33.2 Å². The summed E-state index contributed by atoms with van der Waals surface area (Å²) >= 11 is 5.93. The van der Waals surface area contributed by atoms with E-state index in [0.717, 1.165) is 24.3 Å². The van der Waals surface area contributed by atoms with Crippen molar-refractivity contribution in [1.82, 2.24) is 9.71 Å². The minimum Gasteiger partial charge on any atom is -0.450 e. The first-order valence-corrected chi connectivity index (χ1v) is 10.5. The van der Waals surface area contributed by atoms with Crippen LogP contribution in [0.4, 0.5) is 18.9 Å². The molecule has 3 aromatic rings. The Bertz CT molecular complexity index is 1320. The summed E-state index contributed by atoms with van der Waals surface area (Å²) in [6, 6.07) is 7.71. The quantitative estimate of drug-likeness (QED) is 0.598. The van der Waals surface area contributed by atoms with Crippen molar-refractivity contribution >= 4 is 33.3 Å². The molecule has 0 atom stereocenters. The molecule has 0 spiro atoms. The molecular weight excluding hydrogens is 457 g/mol. The third-order valence-corrected chi connectivity index (χ3v) is 5.84. The van der Waals surface area contributed by atoms with Crippen molar-refractivity contribution in [1.29, 1.82) is 0 Å². The summed E-state index contributed by atoms with van der Waals surface area (Å²) in [6.45, 7) is -0.290. The van der Waals surface area contributed by atoms with Crippen LogP contribution in [0.1, 0.15) is 5.69 Å². The minimum absolute atomic E-state index is 0.0180. The number of halogens is 4. The van der Waals surface area contributed by atoms with Crippen molar-refractivity contribution in [2.24, 2.45) is 4.99 Å². The number of aromatic nitrogens is 1. The van der Waals surface area contributed by atoms with Crippen LogP contribution < -0.4 is 14.8 Å². The smallest absolute Gasteiger partial charge is 0.266 e. The maximum atomic E-state index is 14.6. The van der Waals surface area contributed by atoms with E-state index in [2.05, 4.69) is 20.0 Å². The number of pyridine rings is 1. The minimum atomic E-state index is -4.15. The summed E-state index contributed by atoms with van der Waals surface area (Å²) in [6.07, 6.45) is 1.36.